The number of carbonyl (C=O) groups is 1. The van der Waals surface area contributed by atoms with E-state index in [0.717, 1.165) is 30.7 Å². The normalized spacial score (nSPS) is 18.2. The number of amides is 1. The third-order valence-corrected chi connectivity index (χ3v) is 3.65. The molecule has 1 aromatic heterocycles. The topological polar surface area (TPSA) is 71.1 Å². The molecule has 6 heteroatoms. The molecule has 0 bridgehead atoms. The fraction of sp³-hybridized carbons (Fsp3) is 0.357. The number of carbonyl (C=O) groups excluding carboxylic acids is 1. The van der Waals surface area contributed by atoms with Crippen LogP contribution < -0.4 is 4.74 Å². The zero-order chi connectivity index (χ0) is 13.9. The molecule has 1 amide bonds. The van der Waals surface area contributed by atoms with Gasteiger partial charge < -0.3 is 9.64 Å². The Hall–Kier alpha value is -2.37. The van der Waals surface area contributed by atoms with E-state index in [1.807, 2.05) is 29.2 Å². The largest absolute Gasteiger partial charge is 0.497 e. The second kappa shape index (κ2) is 5.32. The molecule has 1 fully saturated rings. The Kier molecular flexibility index (Phi) is 3.37. The average Bonchev–Trinajstić information content (AvgIpc) is 3.18. The van der Waals surface area contributed by atoms with Crippen molar-refractivity contribution in [2.24, 2.45) is 0 Å². The minimum absolute atomic E-state index is 0.0722. The molecular weight excluding hydrogens is 256 g/mol. The van der Waals surface area contributed by atoms with Gasteiger partial charge in [0.05, 0.1) is 19.3 Å². The highest BCUT2D eigenvalue weighted by Gasteiger charge is 2.31. The van der Waals surface area contributed by atoms with Crippen LogP contribution in [0.4, 0.5) is 0 Å². The highest BCUT2D eigenvalue weighted by Crippen LogP contribution is 2.33. The molecule has 3 rings (SSSR count). The van der Waals surface area contributed by atoms with Crippen molar-refractivity contribution in [1.82, 2.24) is 20.3 Å². The lowest BCUT2D eigenvalue weighted by Gasteiger charge is -2.24. The summed E-state index contributed by atoms with van der Waals surface area (Å²) >= 11 is 0. The number of hydrogen-bond donors (Lipinski definition) is 1. The lowest BCUT2D eigenvalue weighted by molar-refractivity contribution is 0.0729. The molecule has 1 saturated heterocycles. The number of nitrogens with one attached hydrogen (secondary N) is 1. The maximum absolute atomic E-state index is 12.4. The number of rotatable bonds is 3. The van der Waals surface area contributed by atoms with Crippen molar-refractivity contribution >= 4 is 5.91 Å². The van der Waals surface area contributed by atoms with Gasteiger partial charge in [0.2, 0.25) is 0 Å². The van der Waals surface area contributed by atoms with Crippen LogP contribution in [0.2, 0.25) is 0 Å². The molecule has 1 N–H and O–H groups in total. The molecule has 0 spiro atoms. The van der Waals surface area contributed by atoms with E-state index < -0.39 is 0 Å². The zero-order valence-electron chi connectivity index (χ0n) is 11.2. The molecule has 0 radical (unpaired) electrons. The highest BCUT2D eigenvalue weighted by molar-refractivity contribution is 5.92. The number of aromatic amines is 1. The van der Waals surface area contributed by atoms with Gasteiger partial charge in [-0.05, 0) is 30.5 Å². The Labute approximate surface area is 116 Å². The predicted molar refractivity (Wildman–Crippen MR) is 72.4 cm³/mol. The summed E-state index contributed by atoms with van der Waals surface area (Å²) in [4.78, 5) is 14.3. The van der Waals surface area contributed by atoms with E-state index in [4.69, 9.17) is 4.74 Å². The Morgan fingerprint density at radius 1 is 1.40 bits per heavy atom. The number of likely N-dealkylation sites (tertiary alicyclic amines) is 1. The van der Waals surface area contributed by atoms with E-state index in [1.54, 1.807) is 7.11 Å². The van der Waals surface area contributed by atoms with Crippen LogP contribution in [0.15, 0.2) is 30.5 Å². The van der Waals surface area contributed by atoms with Crippen LogP contribution in [-0.4, -0.2) is 39.9 Å². The van der Waals surface area contributed by atoms with E-state index in [0.29, 0.717) is 5.69 Å². The maximum Gasteiger partial charge on any atom is 0.276 e. The van der Waals surface area contributed by atoms with Crippen LogP contribution in [0, 0.1) is 0 Å². The summed E-state index contributed by atoms with van der Waals surface area (Å²) < 4.78 is 5.16. The number of hydrogen-bond acceptors (Lipinski definition) is 4. The Morgan fingerprint density at radius 3 is 2.85 bits per heavy atom. The summed E-state index contributed by atoms with van der Waals surface area (Å²) in [5, 5.41) is 10.0. The summed E-state index contributed by atoms with van der Waals surface area (Å²) in [6, 6.07) is 7.97. The second-order valence-electron chi connectivity index (χ2n) is 4.78. The molecule has 1 atom stereocenters. The van der Waals surface area contributed by atoms with E-state index in [1.165, 1.54) is 6.20 Å². The summed E-state index contributed by atoms with van der Waals surface area (Å²) in [7, 11) is 1.64. The Bertz CT molecular complexity index is 580. The van der Waals surface area contributed by atoms with Crippen molar-refractivity contribution in [2.45, 2.75) is 18.9 Å². The third kappa shape index (κ3) is 2.24. The van der Waals surface area contributed by atoms with Crippen LogP contribution >= 0.6 is 0 Å². The minimum Gasteiger partial charge on any atom is -0.497 e. The van der Waals surface area contributed by atoms with Crippen LogP contribution in [-0.2, 0) is 0 Å². The number of nitrogens with zero attached hydrogens (tertiary/aromatic N) is 3. The molecular formula is C14H16N4O2. The summed E-state index contributed by atoms with van der Waals surface area (Å²) in [5.74, 6) is 0.748. The van der Waals surface area contributed by atoms with Gasteiger partial charge in [0, 0.05) is 6.54 Å². The monoisotopic (exact) mass is 272 g/mol. The van der Waals surface area contributed by atoms with E-state index in [2.05, 4.69) is 15.4 Å². The second-order valence-corrected chi connectivity index (χ2v) is 4.78. The van der Waals surface area contributed by atoms with Crippen molar-refractivity contribution in [2.75, 3.05) is 13.7 Å². The van der Waals surface area contributed by atoms with Gasteiger partial charge in [0.25, 0.3) is 5.91 Å². The molecule has 1 aliphatic rings. The number of H-pyrrole nitrogens is 1. The quantitative estimate of drug-likeness (QED) is 0.924. The smallest absolute Gasteiger partial charge is 0.276 e. The molecule has 1 aromatic carbocycles. The summed E-state index contributed by atoms with van der Waals surface area (Å²) in [6.45, 7) is 0.752. The van der Waals surface area contributed by atoms with Crippen molar-refractivity contribution in [3.05, 3.63) is 41.7 Å². The van der Waals surface area contributed by atoms with Crippen molar-refractivity contribution in [3.63, 3.8) is 0 Å². The lowest BCUT2D eigenvalue weighted by atomic mass is 10.0. The van der Waals surface area contributed by atoms with Crippen molar-refractivity contribution in [1.29, 1.82) is 0 Å². The molecule has 104 valence electrons. The van der Waals surface area contributed by atoms with Crippen LogP contribution in [0.1, 0.15) is 34.9 Å². The first-order valence-electron chi connectivity index (χ1n) is 6.60. The van der Waals surface area contributed by atoms with Crippen molar-refractivity contribution in [3.8, 4) is 5.75 Å². The lowest BCUT2D eigenvalue weighted by Crippen LogP contribution is -2.30. The number of ether oxygens (including phenoxy) is 1. The van der Waals surface area contributed by atoms with Gasteiger partial charge >= 0.3 is 0 Å². The van der Waals surface area contributed by atoms with Gasteiger partial charge in [0.15, 0.2) is 5.69 Å². The van der Waals surface area contributed by atoms with Crippen molar-refractivity contribution < 1.29 is 9.53 Å². The van der Waals surface area contributed by atoms with Crippen LogP contribution in [0.25, 0.3) is 0 Å². The molecule has 2 heterocycles. The molecule has 0 saturated carbocycles. The minimum atomic E-state index is -0.0722. The Balaban J connectivity index is 1.83. The van der Waals surface area contributed by atoms with Gasteiger partial charge in [0.1, 0.15) is 5.75 Å². The van der Waals surface area contributed by atoms with E-state index in [9.17, 15) is 4.79 Å². The molecule has 2 aromatic rings. The number of methoxy groups -OCH3 is 1. The van der Waals surface area contributed by atoms with E-state index >= 15 is 0 Å². The zero-order valence-corrected chi connectivity index (χ0v) is 11.2. The first kappa shape index (κ1) is 12.7. The van der Waals surface area contributed by atoms with Gasteiger partial charge in [-0.25, -0.2) is 0 Å². The summed E-state index contributed by atoms with van der Waals surface area (Å²) in [6.07, 6.45) is 3.43. The van der Waals surface area contributed by atoms with Gasteiger partial charge in [-0.2, -0.15) is 15.4 Å². The van der Waals surface area contributed by atoms with Gasteiger partial charge in [-0.1, -0.05) is 12.1 Å². The van der Waals surface area contributed by atoms with Crippen LogP contribution in [0.5, 0.6) is 5.75 Å². The SMILES string of the molecule is COc1ccc(C2CCCN2C(=O)c2cn[nH]n2)cc1. The molecule has 0 aliphatic carbocycles. The van der Waals surface area contributed by atoms with Gasteiger partial charge in [-0.3, -0.25) is 4.79 Å². The first-order chi connectivity index (χ1) is 9.79. The molecule has 6 nitrogen and oxygen atoms in total. The highest BCUT2D eigenvalue weighted by atomic mass is 16.5. The standard InChI is InChI=1S/C14H16N4O2/c1-20-11-6-4-10(5-7-11)13-3-2-8-18(13)14(19)12-9-15-17-16-12/h4-7,9,13H,2-3,8H2,1H3,(H,15,16,17). The fourth-order valence-corrected chi connectivity index (χ4v) is 2.63. The first-order valence-corrected chi connectivity index (χ1v) is 6.60. The third-order valence-electron chi connectivity index (χ3n) is 3.65. The van der Waals surface area contributed by atoms with Crippen LogP contribution in [0.3, 0.4) is 0 Å². The average molecular weight is 272 g/mol. The van der Waals surface area contributed by atoms with Gasteiger partial charge in [-0.15, -0.1) is 0 Å². The predicted octanol–water partition coefficient (Wildman–Crippen LogP) is 1.79. The van der Waals surface area contributed by atoms with E-state index in [-0.39, 0.29) is 11.9 Å². The maximum atomic E-state index is 12.4. The molecule has 20 heavy (non-hydrogen) atoms. The molecule has 1 unspecified atom stereocenters. The number of aromatic nitrogens is 3. The molecule has 1 aliphatic heterocycles. The fourth-order valence-electron chi connectivity index (χ4n) is 2.63. The summed E-state index contributed by atoms with van der Waals surface area (Å²) in [5.41, 5.74) is 1.49. The number of benzene rings is 1. The Morgan fingerprint density at radius 2 is 2.20 bits per heavy atom.